The van der Waals surface area contributed by atoms with Crippen molar-refractivity contribution < 1.29 is 13.5 Å². The highest BCUT2D eigenvalue weighted by Crippen LogP contribution is 2.34. The van der Waals surface area contributed by atoms with Gasteiger partial charge >= 0.3 is 0 Å². The van der Waals surface area contributed by atoms with Gasteiger partial charge in [0.15, 0.2) is 0 Å². The Morgan fingerprint density at radius 2 is 1.68 bits per heavy atom. The van der Waals surface area contributed by atoms with E-state index in [0.29, 0.717) is 18.7 Å². The van der Waals surface area contributed by atoms with Crippen LogP contribution in [-0.2, 0) is 13.0 Å². The van der Waals surface area contributed by atoms with Crippen LogP contribution in [0.4, 0.5) is 8.78 Å². The molecule has 0 bridgehead atoms. The van der Waals surface area contributed by atoms with Gasteiger partial charge in [-0.15, -0.1) is 0 Å². The molecule has 0 atom stereocenters. The van der Waals surface area contributed by atoms with Crippen molar-refractivity contribution in [1.82, 2.24) is 0 Å². The lowest BCUT2D eigenvalue weighted by Crippen LogP contribution is -2.00. The lowest BCUT2D eigenvalue weighted by Gasteiger charge is -2.10. The Kier molecular flexibility index (Phi) is 2.95. The number of ether oxygens (including phenoxy) is 1. The minimum Gasteiger partial charge on any atom is -0.493 e. The van der Waals surface area contributed by atoms with Crippen molar-refractivity contribution in [3.05, 3.63) is 53.1 Å². The summed E-state index contributed by atoms with van der Waals surface area (Å²) in [7, 11) is 0. The molecule has 1 aliphatic rings. The molecular formula is C15H13F2NO. The Bertz CT molecular complexity index is 620. The molecule has 4 heteroatoms. The summed E-state index contributed by atoms with van der Waals surface area (Å²) in [4.78, 5) is 0. The van der Waals surface area contributed by atoms with E-state index in [1.54, 1.807) is 0 Å². The van der Waals surface area contributed by atoms with Gasteiger partial charge in [-0.3, -0.25) is 0 Å². The molecule has 2 aromatic rings. The van der Waals surface area contributed by atoms with Crippen molar-refractivity contribution in [2.45, 2.75) is 13.0 Å². The van der Waals surface area contributed by atoms with Crippen molar-refractivity contribution in [2.24, 2.45) is 5.73 Å². The van der Waals surface area contributed by atoms with E-state index in [0.717, 1.165) is 34.9 Å². The topological polar surface area (TPSA) is 35.2 Å². The Balaban J connectivity index is 2.15. The molecule has 2 nitrogen and oxygen atoms in total. The molecule has 0 aliphatic carbocycles. The molecule has 2 aromatic carbocycles. The molecule has 0 saturated carbocycles. The summed E-state index contributed by atoms with van der Waals surface area (Å²) in [5.41, 5.74) is 8.90. The minimum absolute atomic E-state index is 0.341. The SMILES string of the molecule is NCc1cc(-c2cc(F)cc(F)c2)cc2c1OCC2. The molecule has 0 fully saturated rings. The van der Waals surface area contributed by atoms with Gasteiger partial charge in [0.2, 0.25) is 0 Å². The van der Waals surface area contributed by atoms with Crippen molar-refractivity contribution >= 4 is 0 Å². The quantitative estimate of drug-likeness (QED) is 0.901. The van der Waals surface area contributed by atoms with Crippen LogP contribution in [0, 0.1) is 11.6 Å². The fraction of sp³-hybridized carbons (Fsp3) is 0.200. The average Bonchev–Trinajstić information content (AvgIpc) is 2.84. The molecule has 3 rings (SSSR count). The van der Waals surface area contributed by atoms with Crippen LogP contribution >= 0.6 is 0 Å². The summed E-state index contributed by atoms with van der Waals surface area (Å²) in [5, 5.41) is 0. The standard InChI is InChI=1S/C15H13F2NO/c16-13-5-11(6-14(17)7-13)10-3-9-1-2-19-15(9)12(4-10)8-18/h3-7H,1-2,8,18H2. The van der Waals surface area contributed by atoms with Crippen molar-refractivity contribution in [2.75, 3.05) is 6.61 Å². The second kappa shape index (κ2) is 4.63. The van der Waals surface area contributed by atoms with Gasteiger partial charge in [0.05, 0.1) is 6.61 Å². The third-order valence-electron chi connectivity index (χ3n) is 3.28. The molecule has 19 heavy (non-hydrogen) atoms. The number of nitrogens with two attached hydrogens (primary N) is 1. The maximum atomic E-state index is 13.3. The van der Waals surface area contributed by atoms with Crippen LogP contribution in [0.15, 0.2) is 30.3 Å². The van der Waals surface area contributed by atoms with Crippen molar-refractivity contribution in [1.29, 1.82) is 0 Å². The molecule has 0 radical (unpaired) electrons. The summed E-state index contributed by atoms with van der Waals surface area (Å²) < 4.78 is 32.1. The fourth-order valence-corrected chi connectivity index (χ4v) is 2.43. The molecule has 98 valence electrons. The molecule has 0 spiro atoms. The Hall–Kier alpha value is -1.94. The molecule has 0 unspecified atom stereocenters. The monoisotopic (exact) mass is 261 g/mol. The number of halogens is 2. The average molecular weight is 261 g/mol. The predicted molar refractivity (Wildman–Crippen MR) is 68.9 cm³/mol. The largest absolute Gasteiger partial charge is 0.493 e. The first kappa shape index (κ1) is 12.1. The van der Waals surface area contributed by atoms with E-state index in [1.807, 2.05) is 12.1 Å². The normalized spacial score (nSPS) is 13.2. The Morgan fingerprint density at radius 3 is 2.37 bits per heavy atom. The van der Waals surface area contributed by atoms with Gasteiger partial charge in [0.1, 0.15) is 17.4 Å². The number of fused-ring (bicyclic) bond motifs is 1. The van der Waals surface area contributed by atoms with E-state index >= 15 is 0 Å². The van der Waals surface area contributed by atoms with Gasteiger partial charge in [-0.25, -0.2) is 8.78 Å². The first-order chi connectivity index (χ1) is 9.17. The second-order valence-electron chi connectivity index (χ2n) is 4.58. The van der Waals surface area contributed by atoms with E-state index in [9.17, 15) is 8.78 Å². The van der Waals surface area contributed by atoms with Crippen molar-refractivity contribution in [3.8, 4) is 16.9 Å². The third-order valence-corrected chi connectivity index (χ3v) is 3.28. The molecule has 2 N–H and O–H groups in total. The lowest BCUT2D eigenvalue weighted by molar-refractivity contribution is 0.353. The van der Waals surface area contributed by atoms with Crippen LogP contribution in [0.1, 0.15) is 11.1 Å². The number of hydrogen-bond acceptors (Lipinski definition) is 2. The first-order valence-electron chi connectivity index (χ1n) is 6.12. The number of hydrogen-bond donors (Lipinski definition) is 1. The predicted octanol–water partition coefficient (Wildman–Crippen LogP) is 3.03. The zero-order valence-corrected chi connectivity index (χ0v) is 10.2. The van der Waals surface area contributed by atoms with Gasteiger partial charge in [0, 0.05) is 24.6 Å². The van der Waals surface area contributed by atoms with E-state index in [2.05, 4.69) is 0 Å². The molecule has 0 saturated heterocycles. The highest BCUT2D eigenvalue weighted by atomic mass is 19.1. The maximum absolute atomic E-state index is 13.3. The van der Waals surface area contributed by atoms with Crippen LogP contribution in [0.5, 0.6) is 5.75 Å². The Labute approximate surface area is 109 Å². The molecule has 1 heterocycles. The van der Waals surface area contributed by atoms with Crippen LogP contribution < -0.4 is 10.5 Å². The first-order valence-corrected chi connectivity index (χ1v) is 6.12. The molecular weight excluding hydrogens is 248 g/mol. The Morgan fingerprint density at radius 1 is 1.00 bits per heavy atom. The van der Waals surface area contributed by atoms with E-state index in [-0.39, 0.29) is 0 Å². The number of rotatable bonds is 2. The van der Waals surface area contributed by atoms with Crippen LogP contribution in [0.3, 0.4) is 0 Å². The lowest BCUT2D eigenvalue weighted by atomic mass is 9.98. The molecule has 0 aromatic heterocycles. The highest BCUT2D eigenvalue weighted by molar-refractivity contribution is 5.68. The van der Waals surface area contributed by atoms with Gasteiger partial charge in [-0.1, -0.05) is 0 Å². The highest BCUT2D eigenvalue weighted by Gasteiger charge is 2.18. The summed E-state index contributed by atoms with van der Waals surface area (Å²) in [5.74, 6) is -0.342. The van der Waals surface area contributed by atoms with Crippen LogP contribution in [0.25, 0.3) is 11.1 Å². The number of benzene rings is 2. The summed E-state index contributed by atoms with van der Waals surface area (Å²) in [6.45, 7) is 0.970. The van der Waals surface area contributed by atoms with Crippen molar-refractivity contribution in [3.63, 3.8) is 0 Å². The smallest absolute Gasteiger partial charge is 0.127 e. The summed E-state index contributed by atoms with van der Waals surface area (Å²) in [6, 6.07) is 7.25. The maximum Gasteiger partial charge on any atom is 0.127 e. The fourth-order valence-electron chi connectivity index (χ4n) is 2.43. The van der Waals surface area contributed by atoms with Crippen LogP contribution in [0.2, 0.25) is 0 Å². The third kappa shape index (κ3) is 2.19. The minimum atomic E-state index is -0.582. The summed E-state index contributed by atoms with van der Waals surface area (Å²) in [6.07, 6.45) is 0.800. The van der Waals surface area contributed by atoms with Gasteiger partial charge in [-0.05, 0) is 41.0 Å². The van der Waals surface area contributed by atoms with Gasteiger partial charge < -0.3 is 10.5 Å². The van der Waals surface area contributed by atoms with Crippen LogP contribution in [-0.4, -0.2) is 6.61 Å². The van der Waals surface area contributed by atoms with Gasteiger partial charge in [-0.2, -0.15) is 0 Å². The summed E-state index contributed by atoms with van der Waals surface area (Å²) >= 11 is 0. The van der Waals surface area contributed by atoms with E-state index in [4.69, 9.17) is 10.5 Å². The zero-order valence-electron chi connectivity index (χ0n) is 10.2. The van der Waals surface area contributed by atoms with E-state index in [1.165, 1.54) is 12.1 Å². The molecule has 1 aliphatic heterocycles. The van der Waals surface area contributed by atoms with Gasteiger partial charge in [0.25, 0.3) is 0 Å². The zero-order chi connectivity index (χ0) is 13.4. The van der Waals surface area contributed by atoms with E-state index < -0.39 is 11.6 Å². The second-order valence-corrected chi connectivity index (χ2v) is 4.58. The molecule has 0 amide bonds.